The highest BCUT2D eigenvalue weighted by atomic mass is 16.5. The number of hydrogen-bond donors (Lipinski definition) is 2. The summed E-state index contributed by atoms with van der Waals surface area (Å²) in [5.41, 5.74) is 5.96. The zero-order chi connectivity index (χ0) is 16.9. The van der Waals surface area contributed by atoms with Crippen LogP contribution < -0.4 is 15.8 Å². The third kappa shape index (κ3) is 4.13. The van der Waals surface area contributed by atoms with Crippen molar-refractivity contribution in [2.45, 2.75) is 31.8 Å². The number of nitrogens with two attached hydrogens (primary N) is 1. The van der Waals surface area contributed by atoms with E-state index in [1.165, 1.54) is 0 Å². The largest absolute Gasteiger partial charge is 0.484 e. The molecule has 1 aromatic carbocycles. The summed E-state index contributed by atoms with van der Waals surface area (Å²) in [5.74, 6) is 1.12. The normalized spacial score (nSPS) is 16.2. The van der Waals surface area contributed by atoms with Gasteiger partial charge in [0.2, 0.25) is 5.91 Å². The molecular formula is C17H20N4O3. The maximum absolute atomic E-state index is 12.0. The van der Waals surface area contributed by atoms with Gasteiger partial charge in [-0.15, -0.1) is 0 Å². The second-order valence-electron chi connectivity index (χ2n) is 5.87. The van der Waals surface area contributed by atoms with Crippen molar-refractivity contribution in [1.29, 1.82) is 0 Å². The average Bonchev–Trinajstić information content (AvgIpc) is 3.01. The summed E-state index contributed by atoms with van der Waals surface area (Å²) in [6.45, 7) is 0.700. The van der Waals surface area contributed by atoms with Crippen molar-refractivity contribution >= 4 is 11.8 Å². The molecule has 0 radical (unpaired) electrons. The summed E-state index contributed by atoms with van der Waals surface area (Å²) in [4.78, 5) is 27.1. The number of nitrogens with one attached hydrogen (secondary N) is 1. The van der Waals surface area contributed by atoms with Crippen molar-refractivity contribution in [3.8, 4) is 5.75 Å². The van der Waals surface area contributed by atoms with E-state index in [1.54, 1.807) is 30.5 Å². The number of rotatable bonds is 6. The minimum Gasteiger partial charge on any atom is -0.484 e. The van der Waals surface area contributed by atoms with Crippen LogP contribution >= 0.6 is 0 Å². The first kappa shape index (κ1) is 16.0. The summed E-state index contributed by atoms with van der Waals surface area (Å²) < 4.78 is 7.54. The van der Waals surface area contributed by atoms with Gasteiger partial charge in [0.1, 0.15) is 11.6 Å². The van der Waals surface area contributed by atoms with Gasteiger partial charge in [0.15, 0.2) is 6.61 Å². The molecule has 1 aromatic heterocycles. The molecule has 2 aromatic rings. The third-order valence-electron chi connectivity index (χ3n) is 3.97. The van der Waals surface area contributed by atoms with Crippen molar-refractivity contribution in [3.05, 3.63) is 48.0 Å². The highest BCUT2D eigenvalue weighted by molar-refractivity contribution is 5.78. The number of imidazole rings is 1. The number of aryl methyl sites for hydroxylation is 1. The standard InChI is InChI=1S/C17H20N4O3/c18-15(22)9-12-1-4-14(5-2-12)24-11-17(23)20-13-3-6-16-19-7-8-21(16)10-13/h1-2,4-5,7-8,13H,3,6,9-11H2,(H2,18,22)(H,20,23). The lowest BCUT2D eigenvalue weighted by Crippen LogP contribution is -2.42. The minimum atomic E-state index is -0.378. The van der Waals surface area contributed by atoms with E-state index in [-0.39, 0.29) is 30.9 Å². The van der Waals surface area contributed by atoms with E-state index in [9.17, 15) is 9.59 Å². The maximum atomic E-state index is 12.0. The molecule has 1 atom stereocenters. The SMILES string of the molecule is NC(=O)Cc1ccc(OCC(=O)NC2CCc3nccn3C2)cc1. The molecule has 0 aliphatic carbocycles. The van der Waals surface area contributed by atoms with Gasteiger partial charge in [-0.05, 0) is 24.1 Å². The van der Waals surface area contributed by atoms with E-state index in [4.69, 9.17) is 10.5 Å². The van der Waals surface area contributed by atoms with Crippen LogP contribution in [0.15, 0.2) is 36.7 Å². The topological polar surface area (TPSA) is 99.2 Å². The molecular weight excluding hydrogens is 308 g/mol. The monoisotopic (exact) mass is 328 g/mol. The first-order valence-corrected chi connectivity index (χ1v) is 7.89. The molecule has 0 saturated heterocycles. The maximum Gasteiger partial charge on any atom is 0.258 e. The fraction of sp³-hybridized carbons (Fsp3) is 0.353. The van der Waals surface area contributed by atoms with Gasteiger partial charge in [-0.2, -0.15) is 0 Å². The number of fused-ring (bicyclic) bond motifs is 1. The van der Waals surface area contributed by atoms with Gasteiger partial charge in [-0.1, -0.05) is 12.1 Å². The molecule has 3 N–H and O–H groups in total. The summed E-state index contributed by atoms with van der Waals surface area (Å²) in [7, 11) is 0. The quantitative estimate of drug-likeness (QED) is 0.803. The van der Waals surface area contributed by atoms with Crippen LogP contribution in [0.3, 0.4) is 0 Å². The summed E-state index contributed by atoms with van der Waals surface area (Å²) >= 11 is 0. The zero-order valence-corrected chi connectivity index (χ0v) is 13.3. The summed E-state index contributed by atoms with van der Waals surface area (Å²) in [6.07, 6.45) is 5.64. The van der Waals surface area contributed by atoms with E-state index in [0.29, 0.717) is 5.75 Å². The highest BCUT2D eigenvalue weighted by Crippen LogP contribution is 2.14. The Morgan fingerprint density at radius 2 is 2.12 bits per heavy atom. The molecule has 7 nitrogen and oxygen atoms in total. The summed E-state index contributed by atoms with van der Waals surface area (Å²) in [5, 5.41) is 2.98. The van der Waals surface area contributed by atoms with Gasteiger partial charge < -0.3 is 20.4 Å². The lowest BCUT2D eigenvalue weighted by molar-refractivity contribution is -0.124. The van der Waals surface area contributed by atoms with Crippen molar-refractivity contribution < 1.29 is 14.3 Å². The number of carbonyl (C=O) groups excluding carboxylic acids is 2. The average molecular weight is 328 g/mol. The van der Waals surface area contributed by atoms with Crippen molar-refractivity contribution in [1.82, 2.24) is 14.9 Å². The van der Waals surface area contributed by atoms with E-state index in [1.807, 2.05) is 6.20 Å². The minimum absolute atomic E-state index is 0.0392. The molecule has 126 valence electrons. The zero-order valence-electron chi connectivity index (χ0n) is 13.3. The predicted octanol–water partition coefficient (Wildman–Crippen LogP) is 0.421. The van der Waals surface area contributed by atoms with Gasteiger partial charge in [-0.25, -0.2) is 4.98 Å². The van der Waals surface area contributed by atoms with Crippen LogP contribution in [0.5, 0.6) is 5.75 Å². The number of hydrogen-bond acceptors (Lipinski definition) is 4. The Labute approximate surface area is 139 Å². The molecule has 24 heavy (non-hydrogen) atoms. The number of amides is 2. The van der Waals surface area contributed by atoms with Gasteiger partial charge in [0, 0.05) is 31.4 Å². The second kappa shape index (κ2) is 7.16. The Morgan fingerprint density at radius 1 is 1.33 bits per heavy atom. The molecule has 0 fully saturated rings. The van der Waals surface area contributed by atoms with Crippen LogP contribution in [0.1, 0.15) is 17.8 Å². The molecule has 0 saturated carbocycles. The lowest BCUT2D eigenvalue weighted by atomic mass is 10.1. The van der Waals surface area contributed by atoms with Crippen molar-refractivity contribution in [3.63, 3.8) is 0 Å². The number of aromatic nitrogens is 2. The molecule has 0 spiro atoms. The number of nitrogens with zero attached hydrogens (tertiary/aromatic N) is 2. The smallest absolute Gasteiger partial charge is 0.258 e. The van der Waals surface area contributed by atoms with Gasteiger partial charge >= 0.3 is 0 Å². The van der Waals surface area contributed by atoms with Gasteiger partial charge in [0.05, 0.1) is 6.42 Å². The first-order chi connectivity index (χ1) is 11.6. The second-order valence-corrected chi connectivity index (χ2v) is 5.87. The van der Waals surface area contributed by atoms with Crippen LogP contribution in [0.4, 0.5) is 0 Å². The number of carbonyl (C=O) groups is 2. The van der Waals surface area contributed by atoms with Gasteiger partial charge in [0.25, 0.3) is 5.91 Å². The van der Waals surface area contributed by atoms with Crippen LogP contribution in [-0.2, 0) is 29.0 Å². The number of benzene rings is 1. The Morgan fingerprint density at radius 3 is 2.88 bits per heavy atom. The Hall–Kier alpha value is -2.83. The van der Waals surface area contributed by atoms with Crippen LogP contribution in [0.25, 0.3) is 0 Å². The fourth-order valence-corrected chi connectivity index (χ4v) is 2.81. The molecule has 7 heteroatoms. The summed E-state index contributed by atoms with van der Waals surface area (Å²) in [6, 6.07) is 7.08. The van der Waals surface area contributed by atoms with Crippen molar-refractivity contribution in [2.75, 3.05) is 6.61 Å². The molecule has 0 bridgehead atoms. The Bertz CT molecular complexity index is 724. The fourth-order valence-electron chi connectivity index (χ4n) is 2.81. The van der Waals surface area contributed by atoms with E-state index < -0.39 is 0 Å². The highest BCUT2D eigenvalue weighted by Gasteiger charge is 2.20. The van der Waals surface area contributed by atoms with Crippen LogP contribution in [0.2, 0.25) is 0 Å². The van der Waals surface area contributed by atoms with E-state index in [0.717, 1.165) is 30.8 Å². The predicted molar refractivity (Wildman–Crippen MR) is 87.3 cm³/mol. The molecule has 2 heterocycles. The van der Waals surface area contributed by atoms with Gasteiger partial charge in [-0.3, -0.25) is 9.59 Å². The third-order valence-corrected chi connectivity index (χ3v) is 3.97. The molecule has 3 rings (SSSR count). The first-order valence-electron chi connectivity index (χ1n) is 7.89. The molecule has 1 unspecified atom stereocenters. The van der Waals surface area contributed by atoms with Crippen molar-refractivity contribution in [2.24, 2.45) is 5.73 Å². The number of primary amides is 1. The Kier molecular flexibility index (Phi) is 4.79. The van der Waals surface area contributed by atoms with Crippen LogP contribution in [-0.4, -0.2) is 34.0 Å². The number of ether oxygens (including phenoxy) is 1. The van der Waals surface area contributed by atoms with E-state index in [2.05, 4.69) is 14.9 Å². The lowest BCUT2D eigenvalue weighted by Gasteiger charge is -2.24. The Balaban J connectivity index is 1.45. The van der Waals surface area contributed by atoms with E-state index >= 15 is 0 Å². The molecule has 1 aliphatic heterocycles. The molecule has 2 amide bonds. The van der Waals surface area contributed by atoms with Crippen LogP contribution in [0, 0.1) is 0 Å². The molecule has 1 aliphatic rings.